The molecule has 8 heteroatoms. The lowest BCUT2D eigenvalue weighted by molar-refractivity contribution is 0.0978. The number of nitrogens with one attached hydrogen (secondary N) is 2. The molecule has 0 aliphatic carbocycles. The molecule has 0 bridgehead atoms. The quantitative estimate of drug-likeness (QED) is 0.535. The van der Waals surface area contributed by atoms with Crippen LogP contribution in [0.4, 0.5) is 5.69 Å². The molecular weight excluding hydrogens is 367 g/mol. The van der Waals surface area contributed by atoms with Crippen LogP contribution in [-0.2, 0) is 0 Å². The van der Waals surface area contributed by atoms with Crippen molar-refractivity contribution in [2.45, 2.75) is 0 Å². The summed E-state index contributed by atoms with van der Waals surface area (Å²) in [4.78, 5) is 12.0. The average molecular weight is 376 g/mol. The second kappa shape index (κ2) is 7.15. The average Bonchev–Trinajstić information content (AvgIpc) is 2.44. The number of thiocarbonyl (C=S) groups is 1. The molecule has 2 rings (SSSR count). The molecule has 2 aromatic rings. The number of hydrogen-bond donors (Lipinski definition) is 3. The first-order valence-corrected chi connectivity index (χ1v) is 7.47. The predicted octanol–water partition coefficient (Wildman–Crippen LogP) is 4.48. The summed E-state index contributed by atoms with van der Waals surface area (Å²) in [5.41, 5.74) is 0.729. The first-order valence-electron chi connectivity index (χ1n) is 5.93. The fourth-order valence-electron chi connectivity index (χ4n) is 1.62. The van der Waals surface area contributed by atoms with Crippen molar-refractivity contribution in [2.75, 3.05) is 5.32 Å². The number of halogens is 3. The van der Waals surface area contributed by atoms with Crippen molar-refractivity contribution in [3.05, 3.63) is 57.0 Å². The van der Waals surface area contributed by atoms with Crippen LogP contribution in [0.3, 0.4) is 0 Å². The van der Waals surface area contributed by atoms with Gasteiger partial charge in [-0.1, -0.05) is 46.9 Å². The van der Waals surface area contributed by atoms with Crippen molar-refractivity contribution >= 4 is 63.7 Å². The molecule has 0 saturated carbocycles. The Balaban J connectivity index is 2.08. The van der Waals surface area contributed by atoms with Gasteiger partial charge < -0.3 is 10.4 Å². The lowest BCUT2D eigenvalue weighted by Crippen LogP contribution is -2.34. The monoisotopic (exact) mass is 374 g/mol. The van der Waals surface area contributed by atoms with Crippen LogP contribution in [-0.4, -0.2) is 16.1 Å². The molecule has 0 aliphatic rings. The number of amides is 1. The summed E-state index contributed by atoms with van der Waals surface area (Å²) in [5.74, 6) is -0.668. The molecule has 0 atom stereocenters. The normalized spacial score (nSPS) is 10.1. The van der Waals surface area contributed by atoms with Crippen molar-refractivity contribution in [3.8, 4) is 5.75 Å². The van der Waals surface area contributed by atoms with Gasteiger partial charge in [0.1, 0.15) is 0 Å². The second-order valence-corrected chi connectivity index (χ2v) is 5.81. The van der Waals surface area contributed by atoms with Gasteiger partial charge in [0.25, 0.3) is 5.91 Å². The fraction of sp³-hybridized carbons (Fsp3) is 0. The molecule has 0 aromatic heterocycles. The van der Waals surface area contributed by atoms with E-state index in [1.54, 1.807) is 24.3 Å². The Kier molecular flexibility index (Phi) is 5.47. The van der Waals surface area contributed by atoms with Gasteiger partial charge in [-0.05, 0) is 36.5 Å². The Morgan fingerprint density at radius 1 is 1.05 bits per heavy atom. The SMILES string of the molecule is O=C(NC(=S)Nc1cc(Cl)c(O)c(Cl)c1)c1ccccc1Cl. The molecule has 3 N–H and O–H groups in total. The maximum atomic E-state index is 12.0. The zero-order valence-electron chi connectivity index (χ0n) is 10.9. The molecule has 1 amide bonds. The lowest BCUT2D eigenvalue weighted by atomic mass is 10.2. The molecule has 0 radical (unpaired) electrons. The standard InChI is InChI=1S/C14H9Cl3N2O2S/c15-9-4-2-1-3-8(9)13(21)19-14(22)18-7-5-10(16)12(20)11(17)6-7/h1-6,20H,(H2,18,19,21,22). The smallest absolute Gasteiger partial charge is 0.258 e. The zero-order chi connectivity index (χ0) is 16.3. The number of phenols is 1. The van der Waals surface area contributed by atoms with Gasteiger partial charge in [-0.25, -0.2) is 0 Å². The van der Waals surface area contributed by atoms with E-state index < -0.39 is 5.91 Å². The van der Waals surface area contributed by atoms with E-state index in [0.717, 1.165) is 0 Å². The molecule has 22 heavy (non-hydrogen) atoms. The van der Waals surface area contributed by atoms with Crippen molar-refractivity contribution < 1.29 is 9.90 Å². The van der Waals surface area contributed by atoms with Gasteiger partial charge in [0.05, 0.1) is 20.6 Å². The zero-order valence-corrected chi connectivity index (χ0v) is 13.9. The van der Waals surface area contributed by atoms with Crippen molar-refractivity contribution in [1.82, 2.24) is 5.32 Å². The predicted molar refractivity (Wildman–Crippen MR) is 93.3 cm³/mol. The molecule has 4 nitrogen and oxygen atoms in total. The summed E-state index contributed by atoms with van der Waals surface area (Å²) >= 11 is 22.6. The van der Waals surface area contributed by atoms with Crippen molar-refractivity contribution in [2.24, 2.45) is 0 Å². The van der Waals surface area contributed by atoms with E-state index in [1.165, 1.54) is 12.1 Å². The number of anilines is 1. The minimum Gasteiger partial charge on any atom is -0.505 e. The number of carbonyl (C=O) groups is 1. The number of rotatable bonds is 2. The summed E-state index contributed by atoms with van der Waals surface area (Å²) in [6, 6.07) is 9.45. The van der Waals surface area contributed by atoms with Crippen LogP contribution in [0.25, 0.3) is 0 Å². The molecule has 0 aliphatic heterocycles. The van der Waals surface area contributed by atoms with Gasteiger partial charge in [0.15, 0.2) is 10.9 Å². The van der Waals surface area contributed by atoms with Gasteiger partial charge in [-0.2, -0.15) is 0 Å². The van der Waals surface area contributed by atoms with Crippen LogP contribution in [0.2, 0.25) is 15.1 Å². The van der Waals surface area contributed by atoms with Crippen LogP contribution in [0.1, 0.15) is 10.4 Å². The largest absolute Gasteiger partial charge is 0.505 e. The first kappa shape index (κ1) is 16.8. The van der Waals surface area contributed by atoms with E-state index in [0.29, 0.717) is 16.3 Å². The summed E-state index contributed by atoms with van der Waals surface area (Å²) in [5, 5.41) is 15.2. The van der Waals surface area contributed by atoms with E-state index >= 15 is 0 Å². The minimum absolute atomic E-state index is 0.0442. The van der Waals surface area contributed by atoms with Crippen LogP contribution < -0.4 is 10.6 Å². The van der Waals surface area contributed by atoms with Gasteiger partial charge in [-0.15, -0.1) is 0 Å². The molecule has 0 unspecified atom stereocenters. The Labute approximate surface area is 147 Å². The molecule has 0 saturated heterocycles. The van der Waals surface area contributed by atoms with Crippen LogP contribution in [0.15, 0.2) is 36.4 Å². The Morgan fingerprint density at radius 3 is 2.23 bits per heavy atom. The molecule has 2 aromatic carbocycles. The van der Waals surface area contributed by atoms with Gasteiger partial charge in [0.2, 0.25) is 0 Å². The lowest BCUT2D eigenvalue weighted by Gasteiger charge is -2.11. The van der Waals surface area contributed by atoms with E-state index in [1.807, 2.05) is 0 Å². The molecule has 0 spiro atoms. The Morgan fingerprint density at radius 2 is 1.64 bits per heavy atom. The summed E-state index contributed by atoms with van der Waals surface area (Å²) in [6.07, 6.45) is 0. The van der Waals surface area contributed by atoms with E-state index in [9.17, 15) is 9.90 Å². The number of carbonyl (C=O) groups excluding carboxylic acids is 1. The maximum absolute atomic E-state index is 12.0. The highest BCUT2D eigenvalue weighted by Gasteiger charge is 2.12. The Hall–Kier alpha value is -1.53. The molecule has 114 valence electrons. The second-order valence-electron chi connectivity index (χ2n) is 4.18. The number of aromatic hydroxyl groups is 1. The Bertz CT molecular complexity index is 730. The summed E-state index contributed by atoms with van der Waals surface area (Å²) in [6.45, 7) is 0. The van der Waals surface area contributed by atoms with Gasteiger partial charge in [0, 0.05) is 5.69 Å². The van der Waals surface area contributed by atoms with Crippen LogP contribution in [0.5, 0.6) is 5.75 Å². The van der Waals surface area contributed by atoms with Crippen LogP contribution in [0, 0.1) is 0 Å². The highest BCUT2D eigenvalue weighted by Crippen LogP contribution is 2.34. The number of hydrogen-bond acceptors (Lipinski definition) is 3. The third kappa shape index (κ3) is 4.01. The third-order valence-electron chi connectivity index (χ3n) is 2.62. The summed E-state index contributed by atoms with van der Waals surface area (Å²) < 4.78 is 0. The maximum Gasteiger partial charge on any atom is 0.258 e. The van der Waals surface area contributed by atoms with Gasteiger partial charge in [-0.3, -0.25) is 10.1 Å². The van der Waals surface area contributed by atoms with Crippen molar-refractivity contribution in [3.63, 3.8) is 0 Å². The minimum atomic E-state index is -0.445. The fourth-order valence-corrected chi connectivity index (χ4v) is 2.53. The number of benzene rings is 2. The van der Waals surface area contributed by atoms with Gasteiger partial charge >= 0.3 is 0 Å². The topological polar surface area (TPSA) is 61.4 Å². The van der Waals surface area contributed by atoms with Crippen LogP contribution >= 0.6 is 47.0 Å². The third-order valence-corrected chi connectivity index (χ3v) is 3.73. The highest BCUT2D eigenvalue weighted by atomic mass is 35.5. The van der Waals surface area contributed by atoms with E-state index in [-0.39, 0.29) is 20.9 Å². The molecule has 0 fully saturated rings. The van der Waals surface area contributed by atoms with E-state index in [4.69, 9.17) is 47.0 Å². The number of phenolic OH excluding ortho intramolecular Hbond substituents is 1. The first-order chi connectivity index (χ1) is 10.4. The molecular formula is C14H9Cl3N2O2S. The summed E-state index contributed by atoms with van der Waals surface area (Å²) in [7, 11) is 0. The molecule has 0 heterocycles. The van der Waals surface area contributed by atoms with Crippen molar-refractivity contribution in [1.29, 1.82) is 0 Å². The highest BCUT2D eigenvalue weighted by molar-refractivity contribution is 7.80. The van der Waals surface area contributed by atoms with E-state index in [2.05, 4.69) is 10.6 Å².